The van der Waals surface area contributed by atoms with E-state index in [0.29, 0.717) is 11.8 Å². The standard InChI is InChI=1S/C14H17BrN4/c1-19-14(12(15)8-17-19)13(18-16)11-7-10(11)9-5-3-2-4-6-9/h2-6,8,10-11,13,18H,7,16H2,1H3. The van der Waals surface area contributed by atoms with Gasteiger partial charge in [-0.25, -0.2) is 0 Å². The van der Waals surface area contributed by atoms with Gasteiger partial charge < -0.3 is 0 Å². The summed E-state index contributed by atoms with van der Waals surface area (Å²) in [6, 6.07) is 10.8. The second-order valence-corrected chi connectivity index (χ2v) is 5.92. The fraction of sp³-hybridized carbons (Fsp3) is 0.357. The van der Waals surface area contributed by atoms with Crippen molar-refractivity contribution in [3.8, 4) is 0 Å². The molecule has 3 atom stereocenters. The minimum Gasteiger partial charge on any atom is -0.271 e. The molecule has 1 heterocycles. The first-order valence-electron chi connectivity index (χ1n) is 6.41. The van der Waals surface area contributed by atoms with E-state index in [2.05, 4.69) is 56.8 Å². The second-order valence-electron chi connectivity index (χ2n) is 5.06. The van der Waals surface area contributed by atoms with E-state index in [1.54, 1.807) is 0 Å². The lowest BCUT2D eigenvalue weighted by molar-refractivity contribution is 0.453. The number of nitrogens with zero attached hydrogens (tertiary/aromatic N) is 2. The van der Waals surface area contributed by atoms with Crippen molar-refractivity contribution in [2.75, 3.05) is 0 Å². The molecule has 4 nitrogen and oxygen atoms in total. The number of rotatable bonds is 4. The Morgan fingerprint density at radius 1 is 1.42 bits per heavy atom. The average Bonchev–Trinajstić information content (AvgIpc) is 3.16. The van der Waals surface area contributed by atoms with Crippen LogP contribution in [-0.4, -0.2) is 9.78 Å². The molecule has 100 valence electrons. The topological polar surface area (TPSA) is 55.9 Å². The predicted octanol–water partition coefficient (Wildman–Crippen LogP) is 2.49. The van der Waals surface area contributed by atoms with Gasteiger partial charge in [-0.3, -0.25) is 16.0 Å². The van der Waals surface area contributed by atoms with Gasteiger partial charge in [0, 0.05) is 7.05 Å². The molecule has 0 bridgehead atoms. The van der Waals surface area contributed by atoms with Crippen LogP contribution in [0.25, 0.3) is 0 Å². The minimum absolute atomic E-state index is 0.132. The van der Waals surface area contributed by atoms with E-state index in [1.165, 1.54) is 5.56 Å². The Bertz CT molecular complexity index is 547. The van der Waals surface area contributed by atoms with Crippen molar-refractivity contribution < 1.29 is 0 Å². The molecule has 0 amide bonds. The molecule has 19 heavy (non-hydrogen) atoms. The van der Waals surface area contributed by atoms with Crippen LogP contribution in [0.15, 0.2) is 41.0 Å². The molecule has 0 spiro atoms. The van der Waals surface area contributed by atoms with Crippen LogP contribution in [0.3, 0.4) is 0 Å². The summed E-state index contributed by atoms with van der Waals surface area (Å²) in [6.45, 7) is 0. The molecule has 0 saturated heterocycles. The summed E-state index contributed by atoms with van der Waals surface area (Å²) in [6.07, 6.45) is 2.98. The first-order chi connectivity index (χ1) is 9.22. The van der Waals surface area contributed by atoms with E-state index in [-0.39, 0.29) is 6.04 Å². The smallest absolute Gasteiger partial charge is 0.0708 e. The number of aryl methyl sites for hydroxylation is 1. The van der Waals surface area contributed by atoms with Crippen LogP contribution in [0.2, 0.25) is 0 Å². The number of aromatic nitrogens is 2. The number of hydrogen-bond donors (Lipinski definition) is 2. The summed E-state index contributed by atoms with van der Waals surface area (Å²) in [5.74, 6) is 6.89. The Morgan fingerprint density at radius 3 is 2.74 bits per heavy atom. The quantitative estimate of drug-likeness (QED) is 0.672. The monoisotopic (exact) mass is 320 g/mol. The van der Waals surface area contributed by atoms with Crippen molar-refractivity contribution in [2.45, 2.75) is 18.4 Å². The van der Waals surface area contributed by atoms with Crippen LogP contribution in [0, 0.1) is 5.92 Å². The fourth-order valence-electron chi connectivity index (χ4n) is 2.84. The van der Waals surface area contributed by atoms with Gasteiger partial charge in [-0.15, -0.1) is 0 Å². The Morgan fingerprint density at radius 2 is 2.16 bits per heavy atom. The number of hydrogen-bond acceptors (Lipinski definition) is 3. The zero-order chi connectivity index (χ0) is 13.4. The molecule has 1 aromatic carbocycles. The number of nitrogens with one attached hydrogen (secondary N) is 1. The summed E-state index contributed by atoms with van der Waals surface area (Å²) in [5.41, 5.74) is 5.47. The van der Waals surface area contributed by atoms with Gasteiger partial charge in [-0.05, 0) is 39.8 Å². The van der Waals surface area contributed by atoms with E-state index < -0.39 is 0 Å². The highest BCUT2D eigenvalue weighted by Gasteiger charge is 2.45. The highest BCUT2D eigenvalue weighted by molar-refractivity contribution is 9.10. The SMILES string of the molecule is Cn1ncc(Br)c1C(NN)C1CC1c1ccccc1. The van der Waals surface area contributed by atoms with Crippen LogP contribution in [0.5, 0.6) is 0 Å². The van der Waals surface area contributed by atoms with Gasteiger partial charge in [0.25, 0.3) is 0 Å². The maximum atomic E-state index is 5.77. The molecule has 2 aromatic rings. The molecule has 3 rings (SSSR count). The van der Waals surface area contributed by atoms with E-state index >= 15 is 0 Å². The molecule has 1 aromatic heterocycles. The molecule has 1 aliphatic carbocycles. The van der Waals surface area contributed by atoms with Crippen molar-refractivity contribution in [1.29, 1.82) is 0 Å². The van der Waals surface area contributed by atoms with Gasteiger partial charge in [0.15, 0.2) is 0 Å². The summed E-state index contributed by atoms with van der Waals surface area (Å²) >= 11 is 3.55. The Balaban J connectivity index is 1.83. The zero-order valence-corrected chi connectivity index (χ0v) is 12.3. The number of halogens is 1. The van der Waals surface area contributed by atoms with Crippen LogP contribution in [0.1, 0.15) is 29.6 Å². The third-order valence-electron chi connectivity index (χ3n) is 3.91. The van der Waals surface area contributed by atoms with Gasteiger partial charge in [0.2, 0.25) is 0 Å². The minimum atomic E-state index is 0.132. The normalized spacial score (nSPS) is 23.3. The first kappa shape index (κ1) is 12.8. The Hall–Kier alpha value is -1.17. The molecular weight excluding hydrogens is 304 g/mol. The molecule has 1 fully saturated rings. The van der Waals surface area contributed by atoms with Gasteiger partial charge in [-0.2, -0.15) is 5.10 Å². The van der Waals surface area contributed by atoms with E-state index in [9.17, 15) is 0 Å². The van der Waals surface area contributed by atoms with Crippen molar-refractivity contribution in [1.82, 2.24) is 15.2 Å². The van der Waals surface area contributed by atoms with Crippen LogP contribution in [0.4, 0.5) is 0 Å². The summed E-state index contributed by atoms with van der Waals surface area (Å²) in [5, 5.41) is 4.27. The van der Waals surface area contributed by atoms with Crippen LogP contribution in [-0.2, 0) is 7.05 Å². The molecule has 0 aliphatic heterocycles. The first-order valence-corrected chi connectivity index (χ1v) is 7.20. The molecule has 3 N–H and O–H groups in total. The van der Waals surface area contributed by atoms with Gasteiger partial charge in [0.05, 0.1) is 22.4 Å². The molecule has 0 radical (unpaired) electrons. The molecule has 1 aliphatic rings. The van der Waals surface area contributed by atoms with Crippen molar-refractivity contribution in [2.24, 2.45) is 18.8 Å². The van der Waals surface area contributed by atoms with E-state index in [4.69, 9.17) is 5.84 Å². The van der Waals surface area contributed by atoms with E-state index in [1.807, 2.05) is 17.9 Å². The largest absolute Gasteiger partial charge is 0.271 e. The average molecular weight is 321 g/mol. The summed E-state index contributed by atoms with van der Waals surface area (Å²) in [4.78, 5) is 0. The second kappa shape index (κ2) is 5.07. The van der Waals surface area contributed by atoms with Crippen LogP contribution < -0.4 is 11.3 Å². The Labute approximate surface area is 121 Å². The third-order valence-corrected chi connectivity index (χ3v) is 4.52. The Kier molecular flexibility index (Phi) is 3.43. The van der Waals surface area contributed by atoms with Crippen molar-refractivity contribution in [3.05, 3.63) is 52.3 Å². The molecule has 5 heteroatoms. The number of nitrogens with two attached hydrogens (primary N) is 1. The lowest BCUT2D eigenvalue weighted by Gasteiger charge is -2.17. The lowest BCUT2D eigenvalue weighted by Crippen LogP contribution is -2.31. The van der Waals surface area contributed by atoms with Crippen LogP contribution >= 0.6 is 15.9 Å². The molecule has 3 unspecified atom stereocenters. The van der Waals surface area contributed by atoms with Gasteiger partial charge in [-0.1, -0.05) is 30.3 Å². The lowest BCUT2D eigenvalue weighted by atomic mass is 10.0. The summed E-state index contributed by atoms with van der Waals surface area (Å²) < 4.78 is 2.89. The van der Waals surface area contributed by atoms with Gasteiger partial charge >= 0.3 is 0 Å². The number of benzene rings is 1. The third kappa shape index (κ3) is 2.33. The fourth-order valence-corrected chi connectivity index (χ4v) is 3.44. The van der Waals surface area contributed by atoms with E-state index in [0.717, 1.165) is 16.6 Å². The van der Waals surface area contributed by atoms with Crippen molar-refractivity contribution in [3.63, 3.8) is 0 Å². The highest BCUT2D eigenvalue weighted by atomic mass is 79.9. The predicted molar refractivity (Wildman–Crippen MR) is 78.3 cm³/mol. The summed E-state index contributed by atoms with van der Waals surface area (Å²) in [7, 11) is 1.95. The highest BCUT2D eigenvalue weighted by Crippen LogP contribution is 2.54. The maximum Gasteiger partial charge on any atom is 0.0708 e. The molecular formula is C14H17BrN4. The van der Waals surface area contributed by atoms with Gasteiger partial charge in [0.1, 0.15) is 0 Å². The van der Waals surface area contributed by atoms with Crippen molar-refractivity contribution >= 4 is 15.9 Å². The molecule has 1 saturated carbocycles. The maximum absolute atomic E-state index is 5.77. The zero-order valence-electron chi connectivity index (χ0n) is 10.8. The number of hydrazine groups is 1.